The maximum absolute atomic E-state index is 5.78. The Balaban J connectivity index is 1.70. The number of ether oxygens (including phenoxy) is 2. The van der Waals surface area contributed by atoms with Gasteiger partial charge in [0.1, 0.15) is 0 Å². The molecular formula is C16H22BrNO2. The van der Waals surface area contributed by atoms with Crippen molar-refractivity contribution in [1.29, 1.82) is 0 Å². The van der Waals surface area contributed by atoms with Crippen LogP contribution in [0.5, 0.6) is 11.5 Å². The van der Waals surface area contributed by atoms with E-state index < -0.39 is 0 Å². The van der Waals surface area contributed by atoms with E-state index in [9.17, 15) is 0 Å². The van der Waals surface area contributed by atoms with E-state index in [2.05, 4.69) is 40.3 Å². The maximum atomic E-state index is 5.78. The summed E-state index contributed by atoms with van der Waals surface area (Å²) in [5, 5.41) is 3.68. The van der Waals surface area contributed by atoms with Crippen LogP contribution < -0.4 is 14.8 Å². The molecule has 0 radical (unpaired) electrons. The van der Waals surface area contributed by atoms with Gasteiger partial charge < -0.3 is 14.8 Å². The summed E-state index contributed by atoms with van der Waals surface area (Å²) in [6.07, 6.45) is 4.94. The highest BCUT2D eigenvalue weighted by Crippen LogP contribution is 2.38. The van der Waals surface area contributed by atoms with Crippen molar-refractivity contribution >= 4 is 15.9 Å². The molecule has 0 bridgehead atoms. The Bertz CT molecular complexity index is 478. The molecule has 1 N–H and O–H groups in total. The number of rotatable bonds is 3. The molecule has 3 rings (SSSR count). The van der Waals surface area contributed by atoms with Crippen molar-refractivity contribution in [3.63, 3.8) is 0 Å². The largest absolute Gasteiger partial charge is 0.490 e. The van der Waals surface area contributed by atoms with Gasteiger partial charge in [-0.15, -0.1) is 0 Å². The summed E-state index contributed by atoms with van der Waals surface area (Å²) >= 11 is 3.60. The molecule has 1 aromatic carbocycles. The van der Waals surface area contributed by atoms with Crippen LogP contribution in [0, 0.1) is 5.92 Å². The van der Waals surface area contributed by atoms with E-state index in [4.69, 9.17) is 9.47 Å². The number of nitrogens with one attached hydrogen (secondary N) is 1. The second-order valence-corrected chi connectivity index (χ2v) is 6.71. The van der Waals surface area contributed by atoms with E-state index in [1.54, 1.807) is 0 Å². The predicted octanol–water partition coefficient (Wildman–Crippen LogP) is 3.89. The molecule has 0 spiro atoms. The van der Waals surface area contributed by atoms with Gasteiger partial charge in [-0.1, -0.05) is 13.3 Å². The Morgan fingerprint density at radius 3 is 2.85 bits per heavy atom. The average Bonchev–Trinajstić information content (AvgIpc) is 2.70. The molecule has 2 aliphatic rings. The lowest BCUT2D eigenvalue weighted by atomic mass is 10.1. The topological polar surface area (TPSA) is 30.5 Å². The van der Waals surface area contributed by atoms with Gasteiger partial charge in [0.2, 0.25) is 0 Å². The third-order valence-corrected chi connectivity index (χ3v) is 4.88. The smallest absolute Gasteiger partial charge is 0.175 e. The van der Waals surface area contributed by atoms with Crippen molar-refractivity contribution in [2.24, 2.45) is 5.92 Å². The van der Waals surface area contributed by atoms with Gasteiger partial charge in [-0.25, -0.2) is 0 Å². The summed E-state index contributed by atoms with van der Waals surface area (Å²) in [7, 11) is 0. The van der Waals surface area contributed by atoms with Crippen LogP contribution in [0.15, 0.2) is 16.6 Å². The number of fused-ring (bicyclic) bond motifs is 1. The fourth-order valence-electron chi connectivity index (χ4n) is 3.08. The van der Waals surface area contributed by atoms with Gasteiger partial charge in [-0.3, -0.25) is 0 Å². The molecule has 0 saturated heterocycles. The summed E-state index contributed by atoms with van der Waals surface area (Å²) in [4.78, 5) is 0. The van der Waals surface area contributed by atoms with Gasteiger partial charge in [0.15, 0.2) is 11.5 Å². The second-order valence-electron chi connectivity index (χ2n) is 5.85. The zero-order chi connectivity index (χ0) is 13.9. The van der Waals surface area contributed by atoms with E-state index in [1.807, 2.05) is 0 Å². The van der Waals surface area contributed by atoms with E-state index in [-0.39, 0.29) is 0 Å². The first-order chi connectivity index (χ1) is 9.74. The number of hydrogen-bond acceptors (Lipinski definition) is 3. The molecule has 2 unspecified atom stereocenters. The minimum Gasteiger partial charge on any atom is -0.490 e. The van der Waals surface area contributed by atoms with Crippen molar-refractivity contribution < 1.29 is 9.47 Å². The third-order valence-electron chi connectivity index (χ3n) is 4.29. The van der Waals surface area contributed by atoms with Gasteiger partial charge in [-0.05, 0) is 52.4 Å². The van der Waals surface area contributed by atoms with Crippen molar-refractivity contribution in [2.75, 3.05) is 13.2 Å². The normalized spacial score (nSPS) is 25.5. The Hall–Kier alpha value is -0.740. The number of benzene rings is 1. The van der Waals surface area contributed by atoms with Crippen LogP contribution in [0.1, 0.15) is 38.2 Å². The number of hydrogen-bond donors (Lipinski definition) is 1. The molecule has 110 valence electrons. The SMILES string of the molecule is CC1CCCC1NCc1cc(Br)c2c(c1)OCCCO2. The monoisotopic (exact) mass is 339 g/mol. The van der Waals surface area contributed by atoms with E-state index >= 15 is 0 Å². The van der Waals surface area contributed by atoms with E-state index in [0.717, 1.165) is 48.1 Å². The fourth-order valence-corrected chi connectivity index (χ4v) is 3.69. The highest BCUT2D eigenvalue weighted by atomic mass is 79.9. The van der Waals surface area contributed by atoms with E-state index in [1.165, 1.54) is 24.8 Å². The first-order valence-electron chi connectivity index (χ1n) is 7.55. The van der Waals surface area contributed by atoms with Crippen LogP contribution in [-0.4, -0.2) is 19.3 Å². The average molecular weight is 340 g/mol. The van der Waals surface area contributed by atoms with Gasteiger partial charge >= 0.3 is 0 Å². The van der Waals surface area contributed by atoms with Crippen LogP contribution in [0.3, 0.4) is 0 Å². The Labute approximate surface area is 129 Å². The molecule has 4 heteroatoms. The summed E-state index contributed by atoms with van der Waals surface area (Å²) in [6, 6.07) is 4.91. The number of halogens is 1. The highest BCUT2D eigenvalue weighted by molar-refractivity contribution is 9.10. The molecule has 1 fully saturated rings. The van der Waals surface area contributed by atoms with E-state index in [0.29, 0.717) is 6.04 Å². The molecule has 2 atom stereocenters. The van der Waals surface area contributed by atoms with Gasteiger partial charge in [0, 0.05) is 19.0 Å². The Morgan fingerprint density at radius 1 is 1.20 bits per heavy atom. The first kappa shape index (κ1) is 14.2. The van der Waals surface area contributed by atoms with Crippen molar-refractivity contribution in [3.8, 4) is 11.5 Å². The quantitative estimate of drug-likeness (QED) is 0.906. The zero-order valence-electron chi connectivity index (χ0n) is 12.0. The molecule has 1 aliphatic heterocycles. The maximum Gasteiger partial charge on any atom is 0.175 e. The molecule has 0 amide bonds. The lowest BCUT2D eigenvalue weighted by Gasteiger charge is -2.18. The molecule has 0 aromatic heterocycles. The van der Waals surface area contributed by atoms with Crippen LogP contribution in [-0.2, 0) is 6.54 Å². The second kappa shape index (κ2) is 6.35. The minimum absolute atomic E-state index is 0.657. The van der Waals surface area contributed by atoms with Gasteiger partial charge in [0.25, 0.3) is 0 Å². The minimum atomic E-state index is 0.657. The summed E-state index contributed by atoms with van der Waals surface area (Å²) in [5.41, 5.74) is 1.25. The van der Waals surface area contributed by atoms with Gasteiger partial charge in [-0.2, -0.15) is 0 Å². The predicted molar refractivity (Wildman–Crippen MR) is 83.4 cm³/mol. The van der Waals surface area contributed by atoms with Crippen LogP contribution in [0.4, 0.5) is 0 Å². The fraction of sp³-hybridized carbons (Fsp3) is 0.625. The summed E-state index contributed by atoms with van der Waals surface area (Å²) in [6.45, 7) is 4.69. The molecule has 1 heterocycles. The van der Waals surface area contributed by atoms with Crippen molar-refractivity contribution in [1.82, 2.24) is 5.32 Å². The lowest BCUT2D eigenvalue weighted by molar-refractivity contribution is 0.296. The highest BCUT2D eigenvalue weighted by Gasteiger charge is 2.23. The molecule has 20 heavy (non-hydrogen) atoms. The summed E-state index contributed by atoms with van der Waals surface area (Å²) < 4.78 is 12.5. The van der Waals surface area contributed by atoms with Crippen molar-refractivity contribution in [3.05, 3.63) is 22.2 Å². The molecular weight excluding hydrogens is 318 g/mol. The molecule has 1 saturated carbocycles. The van der Waals surface area contributed by atoms with Crippen molar-refractivity contribution in [2.45, 2.75) is 45.2 Å². The van der Waals surface area contributed by atoms with Crippen LogP contribution in [0.2, 0.25) is 0 Å². The standard InChI is InChI=1S/C16H22BrNO2/c1-11-4-2-5-14(11)18-10-12-8-13(17)16-15(9-12)19-6-3-7-20-16/h8-9,11,14,18H,2-7,10H2,1H3. The molecule has 1 aliphatic carbocycles. The third kappa shape index (κ3) is 3.12. The first-order valence-corrected chi connectivity index (χ1v) is 8.35. The Kier molecular flexibility index (Phi) is 4.51. The summed E-state index contributed by atoms with van der Waals surface area (Å²) in [5.74, 6) is 2.51. The molecule has 1 aromatic rings. The van der Waals surface area contributed by atoms with Crippen LogP contribution >= 0.6 is 15.9 Å². The Morgan fingerprint density at radius 2 is 2.05 bits per heavy atom. The lowest BCUT2D eigenvalue weighted by Crippen LogP contribution is -2.30. The zero-order valence-corrected chi connectivity index (χ0v) is 13.5. The van der Waals surface area contributed by atoms with Crippen LogP contribution in [0.25, 0.3) is 0 Å². The van der Waals surface area contributed by atoms with Gasteiger partial charge in [0.05, 0.1) is 17.7 Å². The molecule has 3 nitrogen and oxygen atoms in total.